The summed E-state index contributed by atoms with van der Waals surface area (Å²) < 4.78 is 5.81. The first-order chi connectivity index (χ1) is 16.3. The minimum absolute atomic E-state index is 0.253. The van der Waals surface area contributed by atoms with Gasteiger partial charge in [-0.2, -0.15) is 0 Å². The van der Waals surface area contributed by atoms with Crippen molar-refractivity contribution in [2.75, 3.05) is 36.5 Å². The van der Waals surface area contributed by atoms with E-state index in [1.165, 1.54) is 52.9 Å². The second-order valence-corrected chi connectivity index (χ2v) is 10.3. The molecule has 3 rings (SSSR count). The van der Waals surface area contributed by atoms with Crippen LogP contribution in [0.15, 0.2) is 30.3 Å². The Morgan fingerprint density at radius 2 is 1.88 bits per heavy atom. The lowest BCUT2D eigenvalue weighted by atomic mass is 9.98. The smallest absolute Gasteiger partial charge is 0.173 e. The average molecular weight is 482 g/mol. The first kappa shape index (κ1) is 26.5. The molecular weight excluding hydrogens is 438 g/mol. The highest BCUT2D eigenvalue weighted by Crippen LogP contribution is 2.29. The highest BCUT2D eigenvalue weighted by atomic mass is 32.1. The van der Waals surface area contributed by atoms with Crippen molar-refractivity contribution in [1.82, 2.24) is 4.90 Å². The number of aryl methyl sites for hydroxylation is 4. The van der Waals surface area contributed by atoms with Gasteiger partial charge in [-0.1, -0.05) is 36.8 Å². The van der Waals surface area contributed by atoms with Crippen LogP contribution in [0.1, 0.15) is 67.9 Å². The fraction of sp³-hybridized carbons (Fsp3) is 0.552. The van der Waals surface area contributed by atoms with Gasteiger partial charge in [0.15, 0.2) is 5.11 Å². The van der Waals surface area contributed by atoms with Gasteiger partial charge in [-0.15, -0.1) is 0 Å². The number of thiocarbonyl (C=S) groups is 1. The molecule has 0 spiro atoms. The number of hydrogen-bond acceptors (Lipinski definition) is 3. The van der Waals surface area contributed by atoms with Gasteiger partial charge in [-0.25, -0.2) is 0 Å². The lowest BCUT2D eigenvalue weighted by Gasteiger charge is -2.32. The van der Waals surface area contributed by atoms with E-state index in [1.807, 2.05) is 0 Å². The molecule has 186 valence electrons. The van der Waals surface area contributed by atoms with Crippen LogP contribution >= 0.6 is 12.2 Å². The molecule has 0 aliphatic carbocycles. The van der Waals surface area contributed by atoms with Gasteiger partial charge in [0.1, 0.15) is 0 Å². The third kappa shape index (κ3) is 7.19. The van der Waals surface area contributed by atoms with Crippen LogP contribution < -0.4 is 10.2 Å². The summed E-state index contributed by atoms with van der Waals surface area (Å²) in [5.74, 6) is 0. The van der Waals surface area contributed by atoms with Crippen molar-refractivity contribution in [3.63, 3.8) is 0 Å². The van der Waals surface area contributed by atoms with Crippen molar-refractivity contribution in [3.05, 3.63) is 58.1 Å². The Morgan fingerprint density at radius 3 is 2.56 bits per heavy atom. The van der Waals surface area contributed by atoms with Crippen LogP contribution in [-0.2, 0) is 17.7 Å². The molecule has 0 radical (unpaired) electrons. The van der Waals surface area contributed by atoms with Gasteiger partial charge >= 0.3 is 0 Å². The Balaban J connectivity index is 1.77. The molecule has 0 amide bonds. The van der Waals surface area contributed by atoms with E-state index in [-0.39, 0.29) is 6.10 Å². The quantitative estimate of drug-likeness (QED) is 0.298. The third-order valence-electron chi connectivity index (χ3n) is 6.45. The highest BCUT2D eigenvalue weighted by Gasteiger charge is 2.18. The Kier molecular flexibility index (Phi) is 9.78. The van der Waals surface area contributed by atoms with Crippen LogP contribution in [0.2, 0.25) is 0 Å². The summed E-state index contributed by atoms with van der Waals surface area (Å²) in [5.41, 5.74) is 9.08. The summed E-state index contributed by atoms with van der Waals surface area (Å²) in [6.07, 6.45) is 4.78. The van der Waals surface area contributed by atoms with Crippen LogP contribution in [0.5, 0.6) is 0 Å². The van der Waals surface area contributed by atoms with E-state index < -0.39 is 0 Å². The highest BCUT2D eigenvalue weighted by molar-refractivity contribution is 7.80. The standard InChI is InChI=1S/C29H43N3OS/c1-7-13-31-14-8-10-26-19-25(11-12-27(26)31)20-32(15-9-16-33-21(2)3)29(34)30-28-23(5)17-22(4)18-24(28)6/h11-12,17-19,21H,7-10,13-16,20H2,1-6H3,(H,30,34). The first-order valence-corrected chi connectivity index (χ1v) is 13.3. The fourth-order valence-electron chi connectivity index (χ4n) is 4.94. The monoisotopic (exact) mass is 481 g/mol. The normalized spacial score (nSPS) is 13.2. The summed E-state index contributed by atoms with van der Waals surface area (Å²) in [4.78, 5) is 4.84. The second-order valence-electron chi connectivity index (χ2n) is 9.95. The molecule has 1 aliphatic rings. The van der Waals surface area contributed by atoms with Gasteiger partial charge in [-0.3, -0.25) is 0 Å². The molecule has 0 bridgehead atoms. The summed E-state index contributed by atoms with van der Waals surface area (Å²) >= 11 is 5.95. The van der Waals surface area contributed by atoms with E-state index in [4.69, 9.17) is 17.0 Å². The predicted octanol–water partition coefficient (Wildman–Crippen LogP) is 6.79. The van der Waals surface area contributed by atoms with E-state index in [2.05, 4.69) is 87.0 Å². The molecule has 2 aromatic rings. The number of nitrogens with one attached hydrogen (secondary N) is 1. The minimum Gasteiger partial charge on any atom is -0.379 e. The lowest BCUT2D eigenvalue weighted by molar-refractivity contribution is 0.0739. The number of benzene rings is 2. The predicted molar refractivity (Wildman–Crippen MR) is 150 cm³/mol. The molecule has 1 aliphatic heterocycles. The van der Waals surface area contributed by atoms with E-state index in [0.717, 1.165) is 49.9 Å². The van der Waals surface area contributed by atoms with Crippen molar-refractivity contribution < 1.29 is 4.74 Å². The SMILES string of the molecule is CCCN1CCCc2cc(CN(CCCOC(C)C)C(=S)Nc3c(C)cc(C)cc3C)ccc21. The van der Waals surface area contributed by atoms with E-state index >= 15 is 0 Å². The number of fused-ring (bicyclic) bond motifs is 1. The van der Waals surface area contributed by atoms with Gasteiger partial charge in [0, 0.05) is 44.2 Å². The summed E-state index contributed by atoms with van der Waals surface area (Å²) in [7, 11) is 0. The Labute approximate surface area is 212 Å². The zero-order valence-corrected chi connectivity index (χ0v) is 22.9. The molecule has 0 fully saturated rings. The molecule has 4 nitrogen and oxygen atoms in total. The van der Waals surface area contributed by atoms with E-state index in [0.29, 0.717) is 0 Å². The van der Waals surface area contributed by atoms with E-state index in [9.17, 15) is 0 Å². The Morgan fingerprint density at radius 1 is 1.15 bits per heavy atom. The van der Waals surface area contributed by atoms with Crippen molar-refractivity contribution in [2.24, 2.45) is 0 Å². The van der Waals surface area contributed by atoms with Crippen LogP contribution in [-0.4, -0.2) is 42.4 Å². The number of anilines is 2. The number of ether oxygens (including phenoxy) is 1. The number of nitrogens with zero attached hydrogens (tertiary/aromatic N) is 2. The maximum atomic E-state index is 5.95. The van der Waals surface area contributed by atoms with Crippen molar-refractivity contribution in [3.8, 4) is 0 Å². The zero-order chi connectivity index (χ0) is 24.7. The molecule has 1 heterocycles. The van der Waals surface area contributed by atoms with Gasteiger partial charge in [0.05, 0.1) is 6.10 Å². The molecule has 0 unspecified atom stereocenters. The number of hydrogen-bond donors (Lipinski definition) is 1. The van der Waals surface area contributed by atoms with Crippen LogP contribution in [0, 0.1) is 20.8 Å². The molecule has 0 saturated carbocycles. The zero-order valence-electron chi connectivity index (χ0n) is 22.0. The maximum absolute atomic E-state index is 5.95. The van der Waals surface area contributed by atoms with Gasteiger partial charge in [0.25, 0.3) is 0 Å². The average Bonchev–Trinajstić information content (AvgIpc) is 2.78. The fourth-order valence-corrected chi connectivity index (χ4v) is 5.20. The summed E-state index contributed by atoms with van der Waals surface area (Å²) in [6.45, 7) is 17.6. The minimum atomic E-state index is 0.253. The summed E-state index contributed by atoms with van der Waals surface area (Å²) in [6, 6.07) is 11.4. The first-order valence-electron chi connectivity index (χ1n) is 12.9. The molecule has 2 aromatic carbocycles. The second kappa shape index (κ2) is 12.6. The third-order valence-corrected chi connectivity index (χ3v) is 6.81. The molecule has 0 atom stereocenters. The number of rotatable bonds is 10. The molecule has 5 heteroatoms. The maximum Gasteiger partial charge on any atom is 0.173 e. The summed E-state index contributed by atoms with van der Waals surface area (Å²) in [5, 5.41) is 4.35. The molecular formula is C29H43N3OS. The Hall–Kier alpha value is -2.11. The topological polar surface area (TPSA) is 27.7 Å². The largest absolute Gasteiger partial charge is 0.379 e. The molecule has 34 heavy (non-hydrogen) atoms. The Bertz CT molecular complexity index is 949. The molecule has 0 saturated heterocycles. The van der Waals surface area contributed by atoms with Crippen LogP contribution in [0.3, 0.4) is 0 Å². The van der Waals surface area contributed by atoms with Crippen LogP contribution in [0.4, 0.5) is 11.4 Å². The van der Waals surface area contributed by atoms with Crippen LogP contribution in [0.25, 0.3) is 0 Å². The van der Waals surface area contributed by atoms with E-state index in [1.54, 1.807) is 0 Å². The van der Waals surface area contributed by atoms with Gasteiger partial charge in [0.2, 0.25) is 0 Å². The van der Waals surface area contributed by atoms with Crippen molar-refractivity contribution in [1.29, 1.82) is 0 Å². The van der Waals surface area contributed by atoms with Crippen molar-refractivity contribution in [2.45, 2.75) is 79.9 Å². The molecule has 0 aromatic heterocycles. The van der Waals surface area contributed by atoms with Crippen molar-refractivity contribution >= 4 is 28.7 Å². The van der Waals surface area contributed by atoms with Gasteiger partial charge in [-0.05, 0) is 101 Å². The molecule has 1 N–H and O–H groups in total. The van der Waals surface area contributed by atoms with Gasteiger partial charge < -0.3 is 19.9 Å². The lowest BCUT2D eigenvalue weighted by Crippen LogP contribution is -2.36.